The van der Waals surface area contributed by atoms with Gasteiger partial charge in [-0.3, -0.25) is 4.79 Å². The van der Waals surface area contributed by atoms with Gasteiger partial charge in [0, 0.05) is 23.7 Å². The van der Waals surface area contributed by atoms with Crippen molar-refractivity contribution in [2.45, 2.75) is 19.8 Å². The number of aromatic nitrogens is 2. The molecule has 1 aliphatic rings. The molecule has 0 atom stereocenters. The zero-order valence-corrected chi connectivity index (χ0v) is 16.0. The molecular formula is C22H22N4O2. The van der Waals surface area contributed by atoms with Gasteiger partial charge in [-0.1, -0.05) is 31.2 Å². The second-order valence-corrected chi connectivity index (χ2v) is 6.60. The van der Waals surface area contributed by atoms with Crippen LogP contribution in [0.15, 0.2) is 54.9 Å². The van der Waals surface area contributed by atoms with Crippen molar-refractivity contribution < 1.29 is 9.53 Å². The fourth-order valence-corrected chi connectivity index (χ4v) is 3.51. The molecular weight excluding hydrogens is 352 g/mol. The summed E-state index contributed by atoms with van der Waals surface area (Å²) >= 11 is 0. The minimum Gasteiger partial charge on any atom is -0.494 e. The third kappa shape index (κ3) is 3.29. The summed E-state index contributed by atoms with van der Waals surface area (Å²) in [5.74, 6) is 1.21. The quantitative estimate of drug-likeness (QED) is 0.677. The third-order valence-electron chi connectivity index (χ3n) is 4.84. The van der Waals surface area contributed by atoms with Crippen molar-refractivity contribution in [2.75, 3.05) is 23.9 Å². The van der Waals surface area contributed by atoms with Crippen molar-refractivity contribution in [3.05, 3.63) is 60.4 Å². The van der Waals surface area contributed by atoms with Gasteiger partial charge in [0.25, 0.3) is 0 Å². The van der Waals surface area contributed by atoms with E-state index in [2.05, 4.69) is 38.4 Å². The van der Waals surface area contributed by atoms with Crippen LogP contribution in [0.4, 0.5) is 17.2 Å². The molecule has 4 rings (SSSR count). The lowest BCUT2D eigenvalue weighted by Crippen LogP contribution is -2.16. The molecule has 1 N–H and O–H groups in total. The van der Waals surface area contributed by atoms with E-state index in [0.717, 1.165) is 41.8 Å². The molecule has 1 aliphatic heterocycles. The molecule has 0 saturated carbocycles. The zero-order chi connectivity index (χ0) is 19.5. The second-order valence-electron chi connectivity index (χ2n) is 6.60. The van der Waals surface area contributed by atoms with E-state index in [9.17, 15) is 4.79 Å². The van der Waals surface area contributed by atoms with Crippen LogP contribution in [0.2, 0.25) is 0 Å². The Morgan fingerprint density at radius 1 is 1.29 bits per heavy atom. The van der Waals surface area contributed by atoms with Gasteiger partial charge in [0.2, 0.25) is 5.91 Å². The van der Waals surface area contributed by atoms with Crippen LogP contribution in [0, 0.1) is 0 Å². The molecule has 1 aromatic heterocycles. The van der Waals surface area contributed by atoms with E-state index in [1.165, 1.54) is 11.6 Å². The van der Waals surface area contributed by atoms with Gasteiger partial charge in [-0.05, 0) is 36.6 Å². The predicted octanol–water partition coefficient (Wildman–Crippen LogP) is 4.24. The van der Waals surface area contributed by atoms with Gasteiger partial charge < -0.3 is 15.0 Å². The lowest BCUT2D eigenvalue weighted by Gasteiger charge is -2.20. The molecule has 0 saturated heterocycles. The SMILES string of the molecule is CC/C=C/C(=O)Nc1cc2c(N3CCc4ccccc43)ncnc2cc1OC. The van der Waals surface area contributed by atoms with Crippen molar-refractivity contribution in [3.63, 3.8) is 0 Å². The summed E-state index contributed by atoms with van der Waals surface area (Å²) in [6.45, 7) is 2.84. The number of hydrogen-bond donors (Lipinski definition) is 1. The first kappa shape index (κ1) is 18.0. The molecule has 0 spiro atoms. The Hall–Kier alpha value is -3.41. The predicted molar refractivity (Wildman–Crippen MR) is 111 cm³/mol. The van der Waals surface area contributed by atoms with Crippen LogP contribution in [0.3, 0.4) is 0 Å². The molecule has 0 radical (unpaired) electrons. The van der Waals surface area contributed by atoms with Crippen LogP contribution in [0.5, 0.6) is 5.75 Å². The maximum atomic E-state index is 12.2. The first-order valence-electron chi connectivity index (χ1n) is 9.37. The van der Waals surface area contributed by atoms with Crippen molar-refractivity contribution >= 4 is 34.0 Å². The summed E-state index contributed by atoms with van der Waals surface area (Å²) in [5, 5.41) is 3.77. The summed E-state index contributed by atoms with van der Waals surface area (Å²) in [5.41, 5.74) is 3.84. The number of carbonyl (C=O) groups is 1. The maximum Gasteiger partial charge on any atom is 0.248 e. The number of allylic oxidation sites excluding steroid dienone is 1. The number of benzene rings is 2. The molecule has 28 heavy (non-hydrogen) atoms. The zero-order valence-electron chi connectivity index (χ0n) is 16.0. The minimum absolute atomic E-state index is 0.190. The number of methoxy groups -OCH3 is 1. The number of hydrogen-bond acceptors (Lipinski definition) is 5. The normalized spacial score (nSPS) is 13.1. The van der Waals surface area contributed by atoms with E-state index < -0.39 is 0 Å². The van der Waals surface area contributed by atoms with Crippen molar-refractivity contribution in [2.24, 2.45) is 0 Å². The largest absolute Gasteiger partial charge is 0.494 e. The number of carbonyl (C=O) groups excluding carboxylic acids is 1. The Morgan fingerprint density at radius 2 is 2.14 bits per heavy atom. The van der Waals surface area contributed by atoms with Gasteiger partial charge in [0.1, 0.15) is 17.9 Å². The van der Waals surface area contributed by atoms with E-state index in [1.807, 2.05) is 31.2 Å². The summed E-state index contributed by atoms with van der Waals surface area (Å²) in [4.78, 5) is 23.4. The van der Waals surface area contributed by atoms with Crippen molar-refractivity contribution in [3.8, 4) is 5.75 Å². The van der Waals surface area contributed by atoms with E-state index in [4.69, 9.17) is 4.74 Å². The second kappa shape index (κ2) is 7.68. The highest BCUT2D eigenvalue weighted by molar-refractivity contribution is 6.03. The van der Waals surface area contributed by atoms with E-state index in [1.54, 1.807) is 13.4 Å². The number of fused-ring (bicyclic) bond motifs is 2. The fourth-order valence-electron chi connectivity index (χ4n) is 3.51. The van der Waals surface area contributed by atoms with Gasteiger partial charge in [-0.2, -0.15) is 0 Å². The number of nitrogens with zero attached hydrogens (tertiary/aromatic N) is 3. The van der Waals surface area contributed by atoms with Crippen LogP contribution >= 0.6 is 0 Å². The molecule has 6 nitrogen and oxygen atoms in total. The van der Waals surface area contributed by atoms with Gasteiger partial charge in [0.05, 0.1) is 18.3 Å². The minimum atomic E-state index is -0.190. The van der Waals surface area contributed by atoms with Gasteiger partial charge >= 0.3 is 0 Å². The Bertz CT molecular complexity index is 1060. The highest BCUT2D eigenvalue weighted by Gasteiger charge is 2.23. The Morgan fingerprint density at radius 3 is 2.96 bits per heavy atom. The smallest absolute Gasteiger partial charge is 0.248 e. The van der Waals surface area contributed by atoms with Gasteiger partial charge in [-0.25, -0.2) is 9.97 Å². The van der Waals surface area contributed by atoms with Crippen LogP contribution in [-0.2, 0) is 11.2 Å². The van der Waals surface area contributed by atoms with Crippen LogP contribution in [0.25, 0.3) is 10.9 Å². The lowest BCUT2D eigenvalue weighted by atomic mass is 10.1. The summed E-state index contributed by atoms with van der Waals surface area (Å²) in [7, 11) is 1.58. The molecule has 6 heteroatoms. The Kier molecular flexibility index (Phi) is 4.93. The molecule has 0 unspecified atom stereocenters. The number of nitrogens with one attached hydrogen (secondary N) is 1. The number of anilines is 3. The summed E-state index contributed by atoms with van der Waals surface area (Å²) < 4.78 is 5.47. The van der Waals surface area contributed by atoms with Crippen molar-refractivity contribution in [1.29, 1.82) is 0 Å². The number of amides is 1. The highest BCUT2D eigenvalue weighted by atomic mass is 16.5. The molecule has 2 heterocycles. The van der Waals surface area contributed by atoms with Crippen LogP contribution in [-0.4, -0.2) is 29.5 Å². The van der Waals surface area contributed by atoms with Gasteiger partial charge in [0.15, 0.2) is 0 Å². The molecule has 0 fully saturated rings. The number of para-hydroxylation sites is 1. The lowest BCUT2D eigenvalue weighted by molar-refractivity contribution is -0.111. The van der Waals surface area contributed by atoms with Crippen LogP contribution < -0.4 is 15.0 Å². The molecule has 0 bridgehead atoms. The molecule has 142 valence electrons. The third-order valence-corrected chi connectivity index (χ3v) is 4.84. The van der Waals surface area contributed by atoms with E-state index in [0.29, 0.717) is 11.4 Å². The fraction of sp³-hybridized carbons (Fsp3) is 0.227. The number of ether oxygens (including phenoxy) is 1. The maximum absolute atomic E-state index is 12.2. The van der Waals surface area contributed by atoms with E-state index in [-0.39, 0.29) is 5.91 Å². The standard InChI is InChI=1S/C22H22N4O2/c1-3-4-9-21(27)25-18-12-16-17(13-20(18)28-2)23-14-24-22(16)26-11-10-15-7-5-6-8-19(15)26/h4-9,12-14H,3,10-11H2,1-2H3,(H,25,27)/b9-4+. The number of rotatable bonds is 5. The summed E-state index contributed by atoms with van der Waals surface area (Å²) in [6, 6.07) is 12.1. The topological polar surface area (TPSA) is 67.4 Å². The Labute approximate surface area is 163 Å². The first-order valence-corrected chi connectivity index (χ1v) is 9.37. The molecule has 2 aromatic carbocycles. The molecule has 1 amide bonds. The average molecular weight is 374 g/mol. The first-order chi connectivity index (χ1) is 13.7. The average Bonchev–Trinajstić information content (AvgIpc) is 3.15. The van der Waals surface area contributed by atoms with Crippen LogP contribution in [0.1, 0.15) is 18.9 Å². The van der Waals surface area contributed by atoms with E-state index >= 15 is 0 Å². The monoisotopic (exact) mass is 374 g/mol. The summed E-state index contributed by atoms with van der Waals surface area (Å²) in [6.07, 6.45) is 6.69. The van der Waals surface area contributed by atoms with Gasteiger partial charge in [-0.15, -0.1) is 0 Å². The van der Waals surface area contributed by atoms with Crippen molar-refractivity contribution in [1.82, 2.24) is 9.97 Å². The molecule has 0 aliphatic carbocycles. The highest BCUT2D eigenvalue weighted by Crippen LogP contribution is 2.39. The molecule has 3 aromatic rings. The Balaban J connectivity index is 1.80.